The first-order valence-corrected chi connectivity index (χ1v) is 7.00. The van der Waals surface area contributed by atoms with Gasteiger partial charge in [0, 0.05) is 6.04 Å². The average molecular weight is 247 g/mol. The van der Waals surface area contributed by atoms with E-state index in [0.29, 0.717) is 19.1 Å². The largest absolute Gasteiger partial charge is 0.486 e. The number of rotatable bonds is 2. The standard InChI is InChI=1S/C15H21NO2/c16-15(11-4-2-1-3-5-11)12-6-7-13-14(10-12)18-9-8-17-13/h6-7,10-11,15H,1-5,8-9,16H2/t15-/m0/s1. The predicted octanol–water partition coefficient (Wildman–Crippen LogP) is 3.04. The third-order valence-electron chi connectivity index (χ3n) is 4.11. The van der Waals surface area contributed by atoms with Gasteiger partial charge in [-0.05, 0) is 36.5 Å². The first-order valence-electron chi connectivity index (χ1n) is 7.00. The molecule has 2 N–H and O–H groups in total. The summed E-state index contributed by atoms with van der Waals surface area (Å²) in [5.74, 6) is 2.33. The molecule has 1 aromatic carbocycles. The number of hydrogen-bond acceptors (Lipinski definition) is 3. The normalized spacial score (nSPS) is 21.6. The van der Waals surface area contributed by atoms with Crippen molar-refractivity contribution in [1.82, 2.24) is 0 Å². The molecule has 98 valence electrons. The van der Waals surface area contributed by atoms with Crippen LogP contribution in [0.3, 0.4) is 0 Å². The van der Waals surface area contributed by atoms with Crippen LogP contribution >= 0.6 is 0 Å². The van der Waals surface area contributed by atoms with Gasteiger partial charge in [-0.1, -0.05) is 25.3 Å². The van der Waals surface area contributed by atoms with E-state index in [4.69, 9.17) is 15.2 Å². The number of fused-ring (bicyclic) bond motifs is 1. The van der Waals surface area contributed by atoms with Gasteiger partial charge in [0.15, 0.2) is 11.5 Å². The van der Waals surface area contributed by atoms with Gasteiger partial charge in [0.2, 0.25) is 0 Å². The Morgan fingerprint density at radius 1 is 1.00 bits per heavy atom. The maximum absolute atomic E-state index is 6.41. The summed E-state index contributed by atoms with van der Waals surface area (Å²) in [5.41, 5.74) is 7.59. The van der Waals surface area contributed by atoms with Crippen molar-refractivity contribution in [3.8, 4) is 11.5 Å². The van der Waals surface area contributed by atoms with Crippen LogP contribution in [0.2, 0.25) is 0 Å². The van der Waals surface area contributed by atoms with Gasteiger partial charge in [0.25, 0.3) is 0 Å². The van der Waals surface area contributed by atoms with E-state index in [2.05, 4.69) is 12.1 Å². The summed E-state index contributed by atoms with van der Waals surface area (Å²) in [5, 5.41) is 0. The second kappa shape index (κ2) is 5.19. The number of nitrogens with two attached hydrogens (primary N) is 1. The summed E-state index contributed by atoms with van der Waals surface area (Å²) < 4.78 is 11.2. The summed E-state index contributed by atoms with van der Waals surface area (Å²) in [6, 6.07) is 6.29. The fourth-order valence-electron chi connectivity index (χ4n) is 3.03. The Kier molecular flexibility index (Phi) is 3.41. The Balaban J connectivity index is 1.78. The van der Waals surface area contributed by atoms with E-state index in [1.165, 1.54) is 37.7 Å². The van der Waals surface area contributed by atoms with E-state index in [-0.39, 0.29) is 6.04 Å². The van der Waals surface area contributed by atoms with Crippen molar-refractivity contribution in [2.75, 3.05) is 13.2 Å². The van der Waals surface area contributed by atoms with Gasteiger partial charge >= 0.3 is 0 Å². The van der Waals surface area contributed by atoms with E-state index < -0.39 is 0 Å². The number of benzene rings is 1. The Hall–Kier alpha value is -1.22. The molecular formula is C15H21NO2. The summed E-state index contributed by atoms with van der Waals surface area (Å²) in [7, 11) is 0. The SMILES string of the molecule is N[C@H](c1ccc2c(c1)OCCO2)C1CCCCC1. The topological polar surface area (TPSA) is 44.5 Å². The molecule has 3 heteroatoms. The van der Waals surface area contributed by atoms with Crippen LogP contribution in [0.5, 0.6) is 11.5 Å². The molecule has 0 spiro atoms. The lowest BCUT2D eigenvalue weighted by atomic mass is 9.81. The van der Waals surface area contributed by atoms with Crippen molar-refractivity contribution in [2.45, 2.75) is 38.1 Å². The molecule has 0 aromatic heterocycles. The van der Waals surface area contributed by atoms with E-state index in [1.807, 2.05) is 6.07 Å². The zero-order valence-electron chi connectivity index (χ0n) is 10.7. The number of ether oxygens (including phenoxy) is 2. The molecular weight excluding hydrogens is 226 g/mol. The Bertz CT molecular complexity index is 413. The summed E-state index contributed by atoms with van der Waals surface area (Å²) in [4.78, 5) is 0. The second-order valence-electron chi connectivity index (χ2n) is 5.33. The molecule has 1 aliphatic heterocycles. The van der Waals surface area contributed by atoms with Gasteiger partial charge in [0.1, 0.15) is 13.2 Å². The molecule has 1 fully saturated rings. The highest BCUT2D eigenvalue weighted by atomic mass is 16.6. The molecule has 1 atom stereocenters. The molecule has 0 unspecified atom stereocenters. The zero-order valence-corrected chi connectivity index (χ0v) is 10.7. The Morgan fingerprint density at radius 3 is 2.50 bits per heavy atom. The average Bonchev–Trinajstić information content (AvgIpc) is 2.47. The summed E-state index contributed by atoms with van der Waals surface area (Å²) in [6.07, 6.45) is 6.53. The van der Waals surface area contributed by atoms with Crippen LogP contribution in [0.4, 0.5) is 0 Å². The molecule has 18 heavy (non-hydrogen) atoms. The molecule has 0 bridgehead atoms. The predicted molar refractivity (Wildman–Crippen MR) is 70.9 cm³/mol. The molecule has 1 aliphatic carbocycles. The van der Waals surface area contributed by atoms with Gasteiger partial charge in [-0.2, -0.15) is 0 Å². The van der Waals surface area contributed by atoms with Crippen molar-refractivity contribution < 1.29 is 9.47 Å². The molecule has 1 heterocycles. The molecule has 1 aromatic rings. The Morgan fingerprint density at radius 2 is 1.72 bits per heavy atom. The van der Waals surface area contributed by atoms with Crippen molar-refractivity contribution >= 4 is 0 Å². The van der Waals surface area contributed by atoms with Gasteiger partial charge in [-0.25, -0.2) is 0 Å². The molecule has 0 saturated heterocycles. The van der Waals surface area contributed by atoms with Crippen molar-refractivity contribution in [3.63, 3.8) is 0 Å². The maximum Gasteiger partial charge on any atom is 0.161 e. The lowest BCUT2D eigenvalue weighted by molar-refractivity contribution is 0.171. The molecule has 0 amide bonds. The molecule has 3 rings (SSSR count). The first-order chi connectivity index (χ1) is 8.84. The van der Waals surface area contributed by atoms with E-state index in [0.717, 1.165) is 11.5 Å². The first kappa shape index (κ1) is 11.8. The van der Waals surface area contributed by atoms with Crippen molar-refractivity contribution in [3.05, 3.63) is 23.8 Å². The minimum atomic E-state index is 0.140. The lowest BCUT2D eigenvalue weighted by Gasteiger charge is -2.28. The van der Waals surface area contributed by atoms with Crippen molar-refractivity contribution in [2.24, 2.45) is 11.7 Å². The van der Waals surface area contributed by atoms with Gasteiger partial charge in [-0.15, -0.1) is 0 Å². The molecule has 1 saturated carbocycles. The van der Waals surface area contributed by atoms with E-state index in [9.17, 15) is 0 Å². The minimum absolute atomic E-state index is 0.140. The van der Waals surface area contributed by atoms with Gasteiger partial charge < -0.3 is 15.2 Å². The van der Waals surface area contributed by atoms with Crippen LogP contribution < -0.4 is 15.2 Å². The van der Waals surface area contributed by atoms with Gasteiger partial charge in [0.05, 0.1) is 0 Å². The highest BCUT2D eigenvalue weighted by Crippen LogP contribution is 2.37. The van der Waals surface area contributed by atoms with Crippen LogP contribution in [-0.2, 0) is 0 Å². The van der Waals surface area contributed by atoms with Crippen LogP contribution in [0.25, 0.3) is 0 Å². The lowest BCUT2D eigenvalue weighted by Crippen LogP contribution is -2.24. The highest BCUT2D eigenvalue weighted by molar-refractivity contribution is 5.44. The number of hydrogen-bond donors (Lipinski definition) is 1. The zero-order chi connectivity index (χ0) is 12.4. The molecule has 2 aliphatic rings. The van der Waals surface area contributed by atoms with E-state index in [1.54, 1.807) is 0 Å². The van der Waals surface area contributed by atoms with Crippen LogP contribution in [0.15, 0.2) is 18.2 Å². The monoisotopic (exact) mass is 247 g/mol. The fraction of sp³-hybridized carbons (Fsp3) is 0.600. The molecule has 3 nitrogen and oxygen atoms in total. The second-order valence-corrected chi connectivity index (χ2v) is 5.33. The van der Waals surface area contributed by atoms with Crippen LogP contribution in [-0.4, -0.2) is 13.2 Å². The van der Waals surface area contributed by atoms with Crippen LogP contribution in [0.1, 0.15) is 43.7 Å². The van der Waals surface area contributed by atoms with Gasteiger partial charge in [-0.3, -0.25) is 0 Å². The third-order valence-corrected chi connectivity index (χ3v) is 4.11. The van der Waals surface area contributed by atoms with Crippen molar-refractivity contribution in [1.29, 1.82) is 0 Å². The quantitative estimate of drug-likeness (QED) is 0.873. The third kappa shape index (κ3) is 2.32. The highest BCUT2D eigenvalue weighted by Gasteiger charge is 2.23. The summed E-state index contributed by atoms with van der Waals surface area (Å²) in [6.45, 7) is 1.27. The fourth-order valence-corrected chi connectivity index (χ4v) is 3.03. The summed E-state index contributed by atoms with van der Waals surface area (Å²) >= 11 is 0. The Labute approximate surface area is 108 Å². The van der Waals surface area contributed by atoms with E-state index >= 15 is 0 Å². The maximum atomic E-state index is 6.41. The minimum Gasteiger partial charge on any atom is -0.486 e. The smallest absolute Gasteiger partial charge is 0.161 e. The molecule has 0 radical (unpaired) electrons. The van der Waals surface area contributed by atoms with Crippen LogP contribution in [0, 0.1) is 5.92 Å².